The van der Waals surface area contributed by atoms with E-state index < -0.39 is 0 Å². The highest BCUT2D eigenvalue weighted by Crippen LogP contribution is 2.09. The third kappa shape index (κ3) is 2.09. The number of benzene rings is 1. The number of alkyl halides is 1. The van der Waals surface area contributed by atoms with Crippen LogP contribution in [0.1, 0.15) is 11.1 Å². The van der Waals surface area contributed by atoms with Crippen molar-refractivity contribution < 1.29 is 4.39 Å². The number of hydrogen-bond donors (Lipinski definition) is 0. The van der Waals surface area contributed by atoms with Gasteiger partial charge >= 0.3 is 0 Å². The second kappa shape index (κ2) is 4.27. The van der Waals surface area contributed by atoms with Crippen LogP contribution in [0.5, 0.6) is 0 Å². The van der Waals surface area contributed by atoms with Crippen LogP contribution >= 0.6 is 15.9 Å². The Kier molecular flexibility index (Phi) is 3.31. The fourth-order valence-electron chi connectivity index (χ4n) is 0.873. The maximum absolute atomic E-state index is 13.2. The van der Waals surface area contributed by atoms with E-state index in [4.69, 9.17) is 0 Å². The van der Waals surface area contributed by atoms with Gasteiger partial charge in [0, 0.05) is 0 Å². The van der Waals surface area contributed by atoms with Gasteiger partial charge in [0.05, 0.1) is 10.9 Å². The average molecular weight is 227 g/mol. The number of rotatable bonds is 0. The van der Waals surface area contributed by atoms with Gasteiger partial charge in [0.1, 0.15) is 5.82 Å². The lowest BCUT2D eigenvalue weighted by atomic mass is 10.1. The predicted octanol–water partition coefficient (Wildman–Crippen LogP) is 2.88. The fraction of sp³-hybridized carbons (Fsp3) is 0.200. The summed E-state index contributed by atoms with van der Waals surface area (Å²) < 4.78 is 13.2. The van der Waals surface area contributed by atoms with Gasteiger partial charge < -0.3 is 0 Å². The monoisotopic (exact) mass is 226 g/mol. The molecule has 0 heterocycles. The molecule has 1 aromatic carbocycles. The SMILES string of the molecule is Cc1cccc(C#CCBr)c1F. The van der Waals surface area contributed by atoms with E-state index in [1.807, 2.05) is 0 Å². The molecule has 0 bridgehead atoms. The number of aryl methyl sites for hydroxylation is 1. The van der Waals surface area contributed by atoms with Crippen LogP contribution in [0.2, 0.25) is 0 Å². The van der Waals surface area contributed by atoms with Gasteiger partial charge in [-0.2, -0.15) is 0 Å². The lowest BCUT2D eigenvalue weighted by molar-refractivity contribution is 0.615. The summed E-state index contributed by atoms with van der Waals surface area (Å²) in [5, 5.41) is 0.570. The Morgan fingerprint density at radius 2 is 2.25 bits per heavy atom. The summed E-state index contributed by atoms with van der Waals surface area (Å²) in [6.07, 6.45) is 0. The molecule has 0 saturated carbocycles. The highest BCUT2D eigenvalue weighted by molar-refractivity contribution is 9.09. The van der Waals surface area contributed by atoms with Crippen molar-refractivity contribution in [1.82, 2.24) is 0 Å². The Balaban J connectivity index is 3.08. The first-order valence-electron chi connectivity index (χ1n) is 3.55. The molecule has 0 saturated heterocycles. The molecule has 0 aliphatic rings. The molecule has 0 radical (unpaired) electrons. The summed E-state index contributed by atoms with van der Waals surface area (Å²) in [5.41, 5.74) is 1.10. The van der Waals surface area contributed by atoms with Crippen LogP contribution in [-0.2, 0) is 0 Å². The van der Waals surface area contributed by atoms with Crippen LogP contribution in [0.25, 0.3) is 0 Å². The topological polar surface area (TPSA) is 0 Å². The molecule has 12 heavy (non-hydrogen) atoms. The second-order valence-corrected chi connectivity index (χ2v) is 2.93. The molecular weight excluding hydrogens is 219 g/mol. The molecule has 0 atom stereocenters. The number of hydrogen-bond acceptors (Lipinski definition) is 0. The molecule has 1 aromatic rings. The van der Waals surface area contributed by atoms with Gasteiger partial charge in [0.2, 0.25) is 0 Å². The van der Waals surface area contributed by atoms with E-state index in [0.717, 1.165) is 0 Å². The van der Waals surface area contributed by atoms with E-state index in [-0.39, 0.29) is 5.82 Å². The van der Waals surface area contributed by atoms with Gasteiger partial charge in [-0.1, -0.05) is 39.9 Å². The van der Waals surface area contributed by atoms with Crippen molar-refractivity contribution in [3.8, 4) is 11.8 Å². The van der Waals surface area contributed by atoms with Crippen LogP contribution < -0.4 is 0 Å². The molecule has 0 aliphatic carbocycles. The van der Waals surface area contributed by atoms with Crippen molar-refractivity contribution in [2.45, 2.75) is 6.92 Å². The van der Waals surface area contributed by atoms with Crippen LogP contribution in [0.4, 0.5) is 4.39 Å². The van der Waals surface area contributed by atoms with E-state index >= 15 is 0 Å². The Morgan fingerprint density at radius 3 is 2.92 bits per heavy atom. The largest absolute Gasteiger partial charge is 0.205 e. The van der Waals surface area contributed by atoms with Crippen molar-refractivity contribution in [2.24, 2.45) is 0 Å². The standard InChI is InChI=1S/C10H8BrF/c1-8-4-2-5-9(10(8)12)6-3-7-11/h2,4-5H,7H2,1H3. The average Bonchev–Trinajstić information content (AvgIpc) is 2.08. The zero-order chi connectivity index (χ0) is 8.97. The second-order valence-electron chi connectivity index (χ2n) is 2.37. The summed E-state index contributed by atoms with van der Waals surface area (Å²) in [7, 11) is 0. The Hall–Kier alpha value is -0.810. The van der Waals surface area contributed by atoms with Crippen molar-refractivity contribution >= 4 is 15.9 Å². The predicted molar refractivity (Wildman–Crippen MR) is 51.8 cm³/mol. The molecule has 0 fully saturated rings. The number of halogens is 2. The lowest BCUT2D eigenvalue weighted by Crippen LogP contribution is -1.86. The summed E-state index contributed by atoms with van der Waals surface area (Å²) in [6.45, 7) is 1.73. The van der Waals surface area contributed by atoms with Crippen LogP contribution in [0.15, 0.2) is 18.2 Å². The van der Waals surface area contributed by atoms with E-state index in [2.05, 4.69) is 27.8 Å². The quantitative estimate of drug-likeness (QED) is 0.472. The van der Waals surface area contributed by atoms with Crippen molar-refractivity contribution in [2.75, 3.05) is 5.33 Å². The smallest absolute Gasteiger partial charge is 0.141 e. The van der Waals surface area contributed by atoms with E-state index in [1.165, 1.54) is 0 Å². The van der Waals surface area contributed by atoms with Gasteiger partial charge in [-0.25, -0.2) is 4.39 Å². The zero-order valence-electron chi connectivity index (χ0n) is 6.70. The highest BCUT2D eigenvalue weighted by Gasteiger charge is 1.99. The third-order valence-electron chi connectivity index (χ3n) is 1.48. The maximum atomic E-state index is 13.2. The first-order valence-corrected chi connectivity index (χ1v) is 4.68. The first-order chi connectivity index (χ1) is 5.75. The van der Waals surface area contributed by atoms with Gasteiger partial charge in [-0.05, 0) is 18.6 Å². The lowest BCUT2D eigenvalue weighted by Gasteiger charge is -1.96. The molecule has 1 rings (SSSR count). The molecule has 0 amide bonds. The minimum Gasteiger partial charge on any atom is -0.205 e. The van der Waals surface area contributed by atoms with Gasteiger partial charge in [-0.15, -0.1) is 0 Å². The maximum Gasteiger partial charge on any atom is 0.141 e. The Morgan fingerprint density at radius 1 is 1.50 bits per heavy atom. The fourth-order valence-corrected chi connectivity index (χ4v) is 1.01. The minimum absolute atomic E-state index is 0.217. The molecule has 62 valence electrons. The van der Waals surface area contributed by atoms with E-state index in [1.54, 1.807) is 25.1 Å². The highest BCUT2D eigenvalue weighted by atomic mass is 79.9. The molecule has 2 heteroatoms. The van der Waals surface area contributed by atoms with Crippen molar-refractivity contribution in [3.63, 3.8) is 0 Å². The van der Waals surface area contributed by atoms with E-state index in [9.17, 15) is 4.39 Å². The summed E-state index contributed by atoms with van der Waals surface area (Å²) >= 11 is 3.15. The van der Waals surface area contributed by atoms with Crippen LogP contribution in [0.3, 0.4) is 0 Å². The Bertz CT molecular complexity index is 333. The van der Waals surface area contributed by atoms with Crippen molar-refractivity contribution in [1.29, 1.82) is 0 Å². The molecule has 0 nitrogen and oxygen atoms in total. The van der Waals surface area contributed by atoms with Crippen LogP contribution in [-0.4, -0.2) is 5.33 Å². The summed E-state index contributed by atoms with van der Waals surface area (Å²) in [4.78, 5) is 0. The van der Waals surface area contributed by atoms with Gasteiger partial charge in [0.15, 0.2) is 0 Å². The molecule has 0 spiro atoms. The molecular formula is C10H8BrF. The zero-order valence-corrected chi connectivity index (χ0v) is 8.28. The van der Waals surface area contributed by atoms with Gasteiger partial charge in [0.25, 0.3) is 0 Å². The van der Waals surface area contributed by atoms with Crippen molar-refractivity contribution in [3.05, 3.63) is 35.1 Å². The molecule has 0 aliphatic heterocycles. The summed E-state index contributed by atoms with van der Waals surface area (Å²) in [6, 6.07) is 5.21. The van der Waals surface area contributed by atoms with E-state index in [0.29, 0.717) is 16.5 Å². The third-order valence-corrected chi connectivity index (χ3v) is 1.76. The molecule has 0 unspecified atom stereocenters. The first kappa shape index (κ1) is 9.28. The Labute approximate surface area is 79.9 Å². The molecule has 0 N–H and O–H groups in total. The minimum atomic E-state index is -0.217. The van der Waals surface area contributed by atoms with Crippen LogP contribution in [0, 0.1) is 24.6 Å². The normalized spacial score (nSPS) is 8.92. The molecule has 0 aromatic heterocycles. The summed E-state index contributed by atoms with van der Waals surface area (Å²) in [5.74, 6) is 5.27. The van der Waals surface area contributed by atoms with Gasteiger partial charge in [-0.3, -0.25) is 0 Å².